The first kappa shape index (κ1) is 13.8. The van der Waals surface area contributed by atoms with Crippen molar-refractivity contribution in [2.24, 2.45) is 0 Å². The number of rotatable bonds is 7. The minimum absolute atomic E-state index is 0.0336. The zero-order valence-electron chi connectivity index (χ0n) is 10.9. The Bertz CT molecular complexity index is 460. The van der Waals surface area contributed by atoms with Crippen molar-refractivity contribution in [3.63, 3.8) is 0 Å². The van der Waals surface area contributed by atoms with Crippen LogP contribution in [0.25, 0.3) is 0 Å². The summed E-state index contributed by atoms with van der Waals surface area (Å²) >= 11 is 0. The zero-order chi connectivity index (χ0) is 13.8. The van der Waals surface area contributed by atoms with Crippen molar-refractivity contribution in [3.8, 4) is 0 Å². The Morgan fingerprint density at radius 2 is 2.26 bits per heavy atom. The highest BCUT2D eigenvalue weighted by Gasteiger charge is 2.29. The predicted octanol–water partition coefficient (Wildman–Crippen LogP) is 1.70. The molecule has 0 radical (unpaired) electrons. The van der Waals surface area contributed by atoms with Crippen LogP contribution in [0.5, 0.6) is 0 Å². The van der Waals surface area contributed by atoms with Gasteiger partial charge >= 0.3 is 0 Å². The van der Waals surface area contributed by atoms with Crippen molar-refractivity contribution in [1.29, 1.82) is 0 Å². The average Bonchev–Trinajstić information content (AvgIpc) is 3.23. The minimum Gasteiger partial charge on any atom is -0.391 e. The molecule has 1 aromatic carbocycles. The number of nitro benzene ring substituents is 1. The van der Waals surface area contributed by atoms with Crippen molar-refractivity contribution < 1.29 is 14.8 Å². The lowest BCUT2D eigenvalue weighted by molar-refractivity contribution is -0.385. The van der Waals surface area contributed by atoms with Gasteiger partial charge in [-0.1, -0.05) is 0 Å². The number of aliphatic hydroxyl groups is 1. The number of anilines is 1. The van der Waals surface area contributed by atoms with Crippen LogP contribution in [0.2, 0.25) is 0 Å². The average molecular weight is 266 g/mol. The number of hydrogen-bond acceptors (Lipinski definition) is 5. The van der Waals surface area contributed by atoms with E-state index >= 15 is 0 Å². The van der Waals surface area contributed by atoms with Crippen molar-refractivity contribution in [2.45, 2.75) is 25.5 Å². The Hall–Kier alpha value is -1.66. The van der Waals surface area contributed by atoms with E-state index < -0.39 is 4.92 Å². The molecule has 1 N–H and O–H groups in total. The highest BCUT2D eigenvalue weighted by molar-refractivity contribution is 5.56. The number of aliphatic hydroxyl groups excluding tert-OH is 1. The van der Waals surface area contributed by atoms with E-state index in [1.54, 1.807) is 19.2 Å². The van der Waals surface area contributed by atoms with E-state index in [-0.39, 0.29) is 12.3 Å². The first-order valence-corrected chi connectivity index (χ1v) is 6.31. The van der Waals surface area contributed by atoms with Crippen LogP contribution in [0.4, 0.5) is 11.4 Å². The van der Waals surface area contributed by atoms with Gasteiger partial charge in [0.1, 0.15) is 0 Å². The third-order valence-corrected chi connectivity index (χ3v) is 3.29. The largest absolute Gasteiger partial charge is 0.391 e. The van der Waals surface area contributed by atoms with Gasteiger partial charge in [-0.25, -0.2) is 0 Å². The first-order valence-electron chi connectivity index (χ1n) is 6.31. The van der Waals surface area contributed by atoms with Gasteiger partial charge in [-0.15, -0.1) is 0 Å². The molecule has 1 fully saturated rings. The Kier molecular flexibility index (Phi) is 4.34. The zero-order valence-corrected chi connectivity index (χ0v) is 10.9. The fourth-order valence-corrected chi connectivity index (χ4v) is 2.15. The fraction of sp³-hybridized carbons (Fsp3) is 0.538. The highest BCUT2D eigenvalue weighted by atomic mass is 16.6. The molecule has 0 aromatic heterocycles. The quantitative estimate of drug-likeness (QED) is 0.600. The number of benzene rings is 1. The van der Waals surface area contributed by atoms with E-state index in [4.69, 9.17) is 4.74 Å². The van der Waals surface area contributed by atoms with Gasteiger partial charge in [0.15, 0.2) is 0 Å². The summed E-state index contributed by atoms with van der Waals surface area (Å²) in [4.78, 5) is 12.6. The van der Waals surface area contributed by atoms with Gasteiger partial charge in [-0.05, 0) is 25.0 Å². The van der Waals surface area contributed by atoms with E-state index in [0.29, 0.717) is 18.2 Å². The minimum atomic E-state index is -0.466. The molecule has 0 heterocycles. The van der Waals surface area contributed by atoms with Gasteiger partial charge in [0.25, 0.3) is 5.69 Å². The van der Waals surface area contributed by atoms with Gasteiger partial charge in [-0.2, -0.15) is 0 Å². The number of ether oxygens (including phenoxy) is 1. The molecule has 0 bridgehead atoms. The van der Waals surface area contributed by atoms with E-state index in [1.165, 1.54) is 6.07 Å². The van der Waals surface area contributed by atoms with Crippen LogP contribution in [0.3, 0.4) is 0 Å². The summed E-state index contributed by atoms with van der Waals surface area (Å²) in [5.41, 5.74) is 1.23. The number of nitro groups is 1. The molecular weight excluding hydrogens is 248 g/mol. The molecule has 0 aliphatic heterocycles. The normalized spacial score (nSPS) is 14.4. The second kappa shape index (κ2) is 5.99. The van der Waals surface area contributed by atoms with Gasteiger partial charge in [-0.3, -0.25) is 10.1 Å². The van der Waals surface area contributed by atoms with Gasteiger partial charge < -0.3 is 14.7 Å². The molecule has 104 valence electrons. The maximum absolute atomic E-state index is 10.8. The van der Waals surface area contributed by atoms with Crippen molar-refractivity contribution >= 4 is 11.4 Å². The molecule has 19 heavy (non-hydrogen) atoms. The molecule has 0 atom stereocenters. The Morgan fingerprint density at radius 1 is 1.53 bits per heavy atom. The maximum Gasteiger partial charge on any atom is 0.275 e. The molecule has 0 saturated heterocycles. The van der Waals surface area contributed by atoms with Crippen LogP contribution in [-0.2, 0) is 11.3 Å². The standard InChI is InChI=1S/C13H18N2O4/c1-19-7-6-14(11-2-3-11)12-4-5-13(15(17)18)10(8-12)9-16/h4-5,8,11,16H,2-3,6-7,9H2,1H3. The Balaban J connectivity index is 2.24. The molecule has 6 heteroatoms. The molecule has 1 saturated carbocycles. The summed E-state index contributed by atoms with van der Waals surface area (Å²) in [5.74, 6) is 0. The van der Waals surface area contributed by atoms with E-state index in [0.717, 1.165) is 25.1 Å². The van der Waals surface area contributed by atoms with Gasteiger partial charge in [0.05, 0.1) is 23.7 Å². The first-order chi connectivity index (χ1) is 9.17. The number of hydrogen-bond donors (Lipinski definition) is 1. The highest BCUT2D eigenvalue weighted by Crippen LogP contribution is 2.33. The summed E-state index contributed by atoms with van der Waals surface area (Å²) in [5, 5.41) is 20.1. The summed E-state index contributed by atoms with van der Waals surface area (Å²) in [6, 6.07) is 5.39. The third-order valence-electron chi connectivity index (χ3n) is 3.29. The predicted molar refractivity (Wildman–Crippen MR) is 71.3 cm³/mol. The molecule has 1 aliphatic carbocycles. The molecule has 0 amide bonds. The number of nitrogens with zero attached hydrogens (tertiary/aromatic N) is 2. The molecule has 2 rings (SSSR count). The lowest BCUT2D eigenvalue weighted by Gasteiger charge is -2.24. The van der Waals surface area contributed by atoms with Gasteiger partial charge in [0, 0.05) is 31.5 Å². The second-order valence-electron chi connectivity index (χ2n) is 4.65. The van der Waals surface area contributed by atoms with Crippen LogP contribution in [-0.4, -0.2) is 36.3 Å². The third kappa shape index (κ3) is 3.21. The lowest BCUT2D eigenvalue weighted by Crippen LogP contribution is -2.29. The molecule has 0 spiro atoms. The monoisotopic (exact) mass is 266 g/mol. The summed E-state index contributed by atoms with van der Waals surface area (Å²) in [6.07, 6.45) is 2.27. The molecule has 0 unspecified atom stereocenters. The second-order valence-corrected chi connectivity index (χ2v) is 4.65. The van der Waals surface area contributed by atoms with Crippen LogP contribution < -0.4 is 4.90 Å². The lowest BCUT2D eigenvalue weighted by atomic mass is 10.1. The SMILES string of the molecule is COCCN(c1ccc([N+](=O)[O-])c(CO)c1)C1CC1. The van der Waals surface area contributed by atoms with Crippen molar-refractivity contribution in [1.82, 2.24) is 0 Å². The Labute approximate surface area is 111 Å². The molecule has 1 aromatic rings. The van der Waals surface area contributed by atoms with E-state index in [2.05, 4.69) is 4.90 Å². The van der Waals surface area contributed by atoms with Gasteiger partial charge in [0.2, 0.25) is 0 Å². The molecule has 1 aliphatic rings. The number of methoxy groups -OCH3 is 1. The van der Waals surface area contributed by atoms with E-state index in [9.17, 15) is 15.2 Å². The summed E-state index contributed by atoms with van der Waals surface area (Å²) < 4.78 is 5.09. The molecular formula is C13H18N2O4. The maximum atomic E-state index is 10.8. The van der Waals surface area contributed by atoms with Crippen LogP contribution in [0, 0.1) is 10.1 Å². The summed E-state index contributed by atoms with van der Waals surface area (Å²) in [6.45, 7) is 1.04. The van der Waals surface area contributed by atoms with Crippen molar-refractivity contribution in [3.05, 3.63) is 33.9 Å². The Morgan fingerprint density at radius 3 is 2.79 bits per heavy atom. The van der Waals surface area contributed by atoms with Crippen molar-refractivity contribution in [2.75, 3.05) is 25.2 Å². The summed E-state index contributed by atoms with van der Waals surface area (Å²) in [7, 11) is 1.65. The van der Waals surface area contributed by atoms with Crippen LogP contribution >= 0.6 is 0 Å². The van der Waals surface area contributed by atoms with Crippen LogP contribution in [0.1, 0.15) is 18.4 Å². The van der Waals surface area contributed by atoms with E-state index in [1.807, 2.05) is 0 Å². The van der Waals surface area contributed by atoms with Crippen LogP contribution in [0.15, 0.2) is 18.2 Å². The fourth-order valence-electron chi connectivity index (χ4n) is 2.15. The molecule has 6 nitrogen and oxygen atoms in total. The topological polar surface area (TPSA) is 75.8 Å². The smallest absolute Gasteiger partial charge is 0.275 e.